The molecule has 1 aromatic rings. The van der Waals surface area contributed by atoms with Gasteiger partial charge in [-0.15, -0.1) is 0 Å². The highest BCUT2D eigenvalue weighted by Crippen LogP contribution is 2.05. The summed E-state index contributed by atoms with van der Waals surface area (Å²) in [6.07, 6.45) is -0.443. The normalized spacial score (nSPS) is 11.9. The van der Waals surface area contributed by atoms with Crippen molar-refractivity contribution in [3.8, 4) is 0 Å². The number of alkyl carbamates (subject to hydrolysis) is 1. The first-order chi connectivity index (χ1) is 8.99. The van der Waals surface area contributed by atoms with Crippen LogP contribution in [0.3, 0.4) is 0 Å². The van der Waals surface area contributed by atoms with Crippen LogP contribution >= 0.6 is 0 Å². The maximum atomic E-state index is 11.5. The van der Waals surface area contributed by atoms with Crippen LogP contribution in [0.2, 0.25) is 0 Å². The highest BCUT2D eigenvalue weighted by Gasteiger charge is 2.15. The molecule has 1 N–H and O–H groups in total. The zero-order chi connectivity index (χ0) is 14.3. The fourth-order valence-corrected chi connectivity index (χ4v) is 1.59. The van der Waals surface area contributed by atoms with Gasteiger partial charge in [0.05, 0.1) is 12.0 Å². The molecule has 5 heteroatoms. The van der Waals surface area contributed by atoms with Crippen molar-refractivity contribution in [2.24, 2.45) is 5.92 Å². The summed E-state index contributed by atoms with van der Waals surface area (Å²) in [7, 11) is 0. The molecule has 0 radical (unpaired) electrons. The lowest BCUT2D eigenvalue weighted by Crippen LogP contribution is -2.48. The van der Waals surface area contributed by atoms with E-state index in [-0.39, 0.29) is 12.5 Å². The number of carbonyl (C=O) groups excluding carboxylic acids is 2. The minimum absolute atomic E-state index is 0.105. The second-order valence-corrected chi connectivity index (χ2v) is 4.71. The monoisotopic (exact) mass is 264 g/mol. The van der Waals surface area contributed by atoms with Gasteiger partial charge in [-0.2, -0.15) is 0 Å². The second-order valence-electron chi connectivity index (χ2n) is 4.71. The Morgan fingerprint density at radius 2 is 1.89 bits per heavy atom. The molecule has 0 spiro atoms. The number of rotatable bonds is 6. The van der Waals surface area contributed by atoms with Crippen molar-refractivity contribution in [2.45, 2.75) is 32.9 Å². The first-order valence-corrected chi connectivity index (χ1v) is 6.17. The minimum Gasteiger partial charge on any atom is -0.548 e. The van der Waals surface area contributed by atoms with E-state index in [9.17, 15) is 14.7 Å². The standard InChI is InChI=1S/C14H19NO4/c1-10(2)8-12(13(16)17)15-14(18)19-9-11-6-4-3-5-7-11/h3-7,10,12H,8-9H2,1-2H3,(H,15,18)(H,16,17)/p-1/t12-/m1/s1. The van der Waals surface area contributed by atoms with Gasteiger partial charge in [0.15, 0.2) is 0 Å². The molecule has 0 saturated heterocycles. The number of hydrogen-bond acceptors (Lipinski definition) is 4. The highest BCUT2D eigenvalue weighted by molar-refractivity contribution is 5.78. The molecule has 0 aliphatic heterocycles. The molecule has 0 unspecified atom stereocenters. The van der Waals surface area contributed by atoms with E-state index in [1.807, 2.05) is 44.2 Å². The van der Waals surface area contributed by atoms with Gasteiger partial charge in [0.1, 0.15) is 6.61 Å². The van der Waals surface area contributed by atoms with Crippen LogP contribution in [0.25, 0.3) is 0 Å². The lowest BCUT2D eigenvalue weighted by Gasteiger charge is -2.21. The van der Waals surface area contributed by atoms with E-state index in [1.54, 1.807) is 0 Å². The van der Waals surface area contributed by atoms with Crippen molar-refractivity contribution in [2.75, 3.05) is 0 Å². The molecule has 0 saturated carbocycles. The van der Waals surface area contributed by atoms with E-state index < -0.39 is 18.1 Å². The van der Waals surface area contributed by atoms with Gasteiger partial charge in [0, 0.05) is 0 Å². The van der Waals surface area contributed by atoms with Crippen molar-refractivity contribution in [1.29, 1.82) is 0 Å². The Bertz CT molecular complexity index is 417. The third-order valence-electron chi connectivity index (χ3n) is 2.50. The van der Waals surface area contributed by atoms with Crippen LogP contribution in [0.4, 0.5) is 4.79 Å². The number of hydrogen-bond donors (Lipinski definition) is 1. The molecule has 0 bridgehead atoms. The fourth-order valence-electron chi connectivity index (χ4n) is 1.59. The average Bonchev–Trinajstić information content (AvgIpc) is 2.36. The van der Waals surface area contributed by atoms with Crippen LogP contribution in [0, 0.1) is 5.92 Å². The summed E-state index contributed by atoms with van der Waals surface area (Å²) < 4.78 is 4.95. The summed E-state index contributed by atoms with van der Waals surface area (Å²) in [4.78, 5) is 22.4. The molecule has 0 aliphatic rings. The predicted molar refractivity (Wildman–Crippen MR) is 68.0 cm³/mol. The predicted octanol–water partition coefficient (Wildman–Crippen LogP) is 1.08. The molecule has 1 atom stereocenters. The number of carboxylic acids is 1. The number of amides is 1. The van der Waals surface area contributed by atoms with Gasteiger partial charge < -0.3 is 20.0 Å². The summed E-state index contributed by atoms with van der Waals surface area (Å²) in [6.45, 7) is 3.84. The zero-order valence-electron chi connectivity index (χ0n) is 11.1. The molecular formula is C14H18NO4-. The maximum Gasteiger partial charge on any atom is 0.407 e. The molecule has 0 heterocycles. The molecule has 1 amide bonds. The van der Waals surface area contributed by atoms with E-state index in [0.717, 1.165) is 5.56 Å². The van der Waals surface area contributed by atoms with Gasteiger partial charge in [-0.25, -0.2) is 4.79 Å². The Hall–Kier alpha value is -2.04. The summed E-state index contributed by atoms with van der Waals surface area (Å²) in [5.74, 6) is -1.16. The molecule has 0 fully saturated rings. The average molecular weight is 264 g/mol. The van der Waals surface area contributed by atoms with Gasteiger partial charge in [0.2, 0.25) is 0 Å². The van der Waals surface area contributed by atoms with Crippen molar-refractivity contribution in [3.63, 3.8) is 0 Å². The molecule has 0 aromatic heterocycles. The first kappa shape index (κ1) is 15.0. The van der Waals surface area contributed by atoms with Gasteiger partial charge in [-0.1, -0.05) is 44.2 Å². The maximum absolute atomic E-state index is 11.5. The van der Waals surface area contributed by atoms with Crippen LogP contribution in [0.5, 0.6) is 0 Å². The summed E-state index contributed by atoms with van der Waals surface area (Å²) >= 11 is 0. The van der Waals surface area contributed by atoms with Gasteiger partial charge in [0.25, 0.3) is 0 Å². The number of benzene rings is 1. The Balaban J connectivity index is 2.42. The van der Waals surface area contributed by atoms with E-state index in [0.29, 0.717) is 6.42 Å². The highest BCUT2D eigenvalue weighted by atomic mass is 16.5. The van der Waals surface area contributed by atoms with Crippen LogP contribution in [-0.4, -0.2) is 18.1 Å². The zero-order valence-corrected chi connectivity index (χ0v) is 11.1. The Morgan fingerprint density at radius 1 is 1.26 bits per heavy atom. The SMILES string of the molecule is CC(C)C[C@@H](NC(=O)OCc1ccccc1)C(=O)[O-]. The molecule has 0 aliphatic carbocycles. The number of nitrogens with one attached hydrogen (secondary N) is 1. The summed E-state index contributed by atoms with van der Waals surface area (Å²) in [5.41, 5.74) is 0.839. The smallest absolute Gasteiger partial charge is 0.407 e. The molecular weight excluding hydrogens is 246 g/mol. The van der Waals surface area contributed by atoms with Crippen LogP contribution in [0.1, 0.15) is 25.8 Å². The van der Waals surface area contributed by atoms with Crippen LogP contribution in [-0.2, 0) is 16.1 Å². The first-order valence-electron chi connectivity index (χ1n) is 6.17. The van der Waals surface area contributed by atoms with E-state index in [2.05, 4.69) is 5.32 Å². The number of ether oxygens (including phenoxy) is 1. The topological polar surface area (TPSA) is 78.5 Å². The molecule has 1 aromatic carbocycles. The van der Waals surface area contributed by atoms with Crippen LogP contribution < -0.4 is 10.4 Å². The van der Waals surface area contributed by atoms with Crippen molar-refractivity contribution < 1.29 is 19.4 Å². The van der Waals surface area contributed by atoms with E-state index in [1.165, 1.54) is 0 Å². The number of carboxylic acid groups (broad SMARTS) is 1. The van der Waals surface area contributed by atoms with Crippen molar-refractivity contribution in [3.05, 3.63) is 35.9 Å². The minimum atomic E-state index is -1.30. The summed E-state index contributed by atoms with van der Waals surface area (Å²) in [6, 6.07) is 8.13. The van der Waals surface area contributed by atoms with E-state index >= 15 is 0 Å². The fraction of sp³-hybridized carbons (Fsp3) is 0.429. The van der Waals surface area contributed by atoms with Gasteiger partial charge in [-0.05, 0) is 17.9 Å². The number of carbonyl (C=O) groups is 2. The Morgan fingerprint density at radius 3 is 2.42 bits per heavy atom. The van der Waals surface area contributed by atoms with Gasteiger partial charge >= 0.3 is 6.09 Å². The van der Waals surface area contributed by atoms with E-state index in [4.69, 9.17) is 4.74 Å². The largest absolute Gasteiger partial charge is 0.548 e. The molecule has 5 nitrogen and oxygen atoms in total. The lowest BCUT2D eigenvalue weighted by atomic mass is 10.0. The van der Waals surface area contributed by atoms with Crippen LogP contribution in [0.15, 0.2) is 30.3 Å². The molecule has 104 valence electrons. The second kappa shape index (κ2) is 7.41. The van der Waals surface area contributed by atoms with Crippen molar-refractivity contribution in [1.82, 2.24) is 5.32 Å². The van der Waals surface area contributed by atoms with Gasteiger partial charge in [-0.3, -0.25) is 0 Å². The summed E-state index contributed by atoms with van der Waals surface area (Å²) in [5, 5.41) is 13.2. The Labute approximate surface area is 112 Å². The quantitative estimate of drug-likeness (QED) is 0.833. The van der Waals surface area contributed by atoms with Crippen molar-refractivity contribution >= 4 is 12.1 Å². The number of aliphatic carboxylic acids is 1. The third kappa shape index (κ3) is 5.90. The lowest BCUT2D eigenvalue weighted by molar-refractivity contribution is -0.308. The molecule has 19 heavy (non-hydrogen) atoms. The third-order valence-corrected chi connectivity index (χ3v) is 2.50. The Kier molecular flexibility index (Phi) is 5.85. The molecule has 1 rings (SSSR count).